The minimum Gasteiger partial charge on any atom is -0.393 e. The van der Waals surface area contributed by atoms with Crippen LogP contribution in [0.15, 0.2) is 11.6 Å². The molecule has 8 atom stereocenters. The summed E-state index contributed by atoms with van der Waals surface area (Å²) in [7, 11) is 0. The van der Waals surface area contributed by atoms with Crippen molar-refractivity contribution < 1.29 is 14.3 Å². The highest BCUT2D eigenvalue weighted by Crippen LogP contribution is 2.85. The van der Waals surface area contributed by atoms with Crippen LogP contribution < -0.4 is 0 Å². The summed E-state index contributed by atoms with van der Waals surface area (Å²) in [5.41, 5.74) is 2.13. The first-order valence-corrected chi connectivity index (χ1v) is 12.0. The zero-order valence-electron chi connectivity index (χ0n) is 19.1. The van der Waals surface area contributed by atoms with Gasteiger partial charge in [-0.2, -0.15) is 0 Å². The Morgan fingerprint density at radius 2 is 1.90 bits per heavy atom. The molecule has 0 N–H and O–H groups in total. The van der Waals surface area contributed by atoms with Gasteiger partial charge in [0.2, 0.25) is 0 Å². The van der Waals surface area contributed by atoms with Crippen LogP contribution >= 0.6 is 0 Å². The number of fused-ring (bicyclic) bond motifs is 1. The van der Waals surface area contributed by atoms with Gasteiger partial charge in [0.05, 0.1) is 5.41 Å². The maximum atomic E-state index is 13.3. The van der Waals surface area contributed by atoms with Gasteiger partial charge in [0.1, 0.15) is 0 Å². The number of carbonyl (C=O) groups is 2. The second-order valence-corrected chi connectivity index (χ2v) is 12.3. The number of allylic oxidation sites excluding steroid dienone is 2. The van der Waals surface area contributed by atoms with Gasteiger partial charge in [-0.15, -0.1) is 0 Å². The number of rotatable bonds is 3. The van der Waals surface area contributed by atoms with Gasteiger partial charge in [0.25, 0.3) is 0 Å². The van der Waals surface area contributed by atoms with Crippen LogP contribution in [-0.4, -0.2) is 11.9 Å². The van der Waals surface area contributed by atoms with E-state index in [0.29, 0.717) is 17.3 Å². The van der Waals surface area contributed by atoms with E-state index in [1.165, 1.54) is 19.3 Å². The van der Waals surface area contributed by atoms with Crippen LogP contribution in [0.1, 0.15) is 86.5 Å². The van der Waals surface area contributed by atoms with Crippen molar-refractivity contribution in [2.45, 2.75) is 86.5 Å². The van der Waals surface area contributed by atoms with E-state index in [1.807, 2.05) is 13.8 Å². The van der Waals surface area contributed by atoms with E-state index in [4.69, 9.17) is 4.74 Å². The molecule has 0 unspecified atom stereocenters. The molecule has 160 valence electrons. The summed E-state index contributed by atoms with van der Waals surface area (Å²) in [6, 6.07) is 0. The SMILES string of the molecule is CC(C)CC(=O)OC(=O)[C@]1(C)CCC[C@@]2(C)C3=C[C@@H]4[C@H]5C[C@@]3(CC[C@H]12)[C@H](C)[C@@]45C. The Kier molecular flexibility index (Phi) is 3.94. The Bertz CT molecular complexity index is 811. The molecule has 0 radical (unpaired) electrons. The van der Waals surface area contributed by atoms with E-state index < -0.39 is 5.41 Å². The number of carbonyl (C=O) groups excluding carboxylic acids is 2. The highest BCUT2D eigenvalue weighted by Gasteiger charge is 2.79. The largest absolute Gasteiger partial charge is 0.393 e. The molecular formula is C26H38O3. The standard InChI is InChI=1S/C26H38O3/c1-15(2)12-21(27)29-22(28)24(5)10-7-9-23(4)19(24)8-11-26-14-18-17(13-20(23)26)25(18,6)16(26)3/h13,15-19H,7-12,14H2,1-6H3/t16-,17-,18-,19+,23-,24-,25+,26+/m1/s1. The molecule has 0 heterocycles. The monoisotopic (exact) mass is 398 g/mol. The van der Waals surface area contributed by atoms with Gasteiger partial charge < -0.3 is 4.74 Å². The molecule has 0 aromatic heterocycles. The number of hydrogen-bond acceptors (Lipinski definition) is 3. The summed E-state index contributed by atoms with van der Waals surface area (Å²) in [6.07, 6.45) is 9.73. The fourth-order valence-electron chi connectivity index (χ4n) is 9.05. The van der Waals surface area contributed by atoms with Gasteiger partial charge in [-0.3, -0.25) is 9.59 Å². The van der Waals surface area contributed by atoms with Crippen LogP contribution in [-0.2, 0) is 14.3 Å². The van der Waals surface area contributed by atoms with Crippen molar-refractivity contribution >= 4 is 11.9 Å². The molecule has 6 aliphatic carbocycles. The normalized spacial score (nSPS) is 51.8. The lowest BCUT2D eigenvalue weighted by Gasteiger charge is -2.62. The van der Waals surface area contributed by atoms with Crippen LogP contribution in [0.5, 0.6) is 0 Å². The van der Waals surface area contributed by atoms with Gasteiger partial charge in [0, 0.05) is 6.42 Å². The van der Waals surface area contributed by atoms with Crippen molar-refractivity contribution in [2.75, 3.05) is 0 Å². The number of esters is 2. The predicted molar refractivity (Wildman–Crippen MR) is 113 cm³/mol. The smallest absolute Gasteiger partial charge is 0.319 e. The molecule has 4 saturated carbocycles. The average Bonchev–Trinajstić information content (AvgIpc) is 3.16. The van der Waals surface area contributed by atoms with Crippen molar-refractivity contribution in [2.24, 2.45) is 51.2 Å². The lowest BCUT2D eigenvalue weighted by atomic mass is 9.41. The molecule has 4 fully saturated rings. The summed E-state index contributed by atoms with van der Waals surface area (Å²) in [4.78, 5) is 25.5. The predicted octanol–water partition coefficient (Wildman–Crippen LogP) is 5.93. The van der Waals surface area contributed by atoms with E-state index in [-0.39, 0.29) is 29.2 Å². The molecule has 0 aliphatic heterocycles. The zero-order chi connectivity index (χ0) is 21.0. The first-order chi connectivity index (χ1) is 13.5. The Hall–Kier alpha value is -1.12. The lowest BCUT2D eigenvalue weighted by molar-refractivity contribution is -0.177. The van der Waals surface area contributed by atoms with Gasteiger partial charge in [0.15, 0.2) is 0 Å². The summed E-state index contributed by atoms with van der Waals surface area (Å²) < 4.78 is 5.44. The summed E-state index contributed by atoms with van der Waals surface area (Å²) in [5.74, 6) is 2.30. The van der Waals surface area contributed by atoms with Crippen LogP contribution in [0.3, 0.4) is 0 Å². The van der Waals surface area contributed by atoms with E-state index in [1.54, 1.807) is 5.57 Å². The van der Waals surface area contributed by atoms with Gasteiger partial charge in [-0.25, -0.2) is 0 Å². The first-order valence-electron chi connectivity index (χ1n) is 12.0. The molecule has 3 heteroatoms. The third-order valence-corrected chi connectivity index (χ3v) is 10.7. The molecule has 6 rings (SSSR count). The van der Waals surface area contributed by atoms with E-state index in [0.717, 1.165) is 37.0 Å². The Labute approximate surface area is 176 Å². The molecule has 0 amide bonds. The minimum atomic E-state index is -0.543. The molecule has 0 aromatic rings. The second kappa shape index (κ2) is 5.77. The summed E-state index contributed by atoms with van der Waals surface area (Å²) >= 11 is 0. The molecule has 0 aromatic carbocycles. The van der Waals surface area contributed by atoms with Crippen molar-refractivity contribution in [1.29, 1.82) is 0 Å². The minimum absolute atomic E-state index is 0.0779. The van der Waals surface area contributed by atoms with Crippen molar-refractivity contribution in [3.8, 4) is 0 Å². The summed E-state index contributed by atoms with van der Waals surface area (Å²) in [5, 5.41) is 0. The Balaban J connectivity index is 1.46. The number of ether oxygens (including phenoxy) is 1. The average molecular weight is 399 g/mol. The van der Waals surface area contributed by atoms with E-state index in [9.17, 15) is 9.59 Å². The third-order valence-electron chi connectivity index (χ3n) is 10.7. The Morgan fingerprint density at radius 3 is 2.52 bits per heavy atom. The highest BCUT2D eigenvalue weighted by molar-refractivity contribution is 5.89. The van der Waals surface area contributed by atoms with Crippen molar-refractivity contribution in [1.82, 2.24) is 0 Å². The van der Waals surface area contributed by atoms with Crippen molar-refractivity contribution in [3.05, 3.63) is 11.6 Å². The number of hydrogen-bond donors (Lipinski definition) is 0. The Morgan fingerprint density at radius 1 is 1.17 bits per heavy atom. The van der Waals surface area contributed by atoms with Crippen LogP contribution in [0.4, 0.5) is 0 Å². The van der Waals surface area contributed by atoms with E-state index in [2.05, 4.69) is 33.8 Å². The van der Waals surface area contributed by atoms with Gasteiger partial charge in [-0.1, -0.05) is 52.7 Å². The third kappa shape index (κ3) is 2.26. The quantitative estimate of drug-likeness (QED) is 0.336. The molecule has 29 heavy (non-hydrogen) atoms. The van der Waals surface area contributed by atoms with E-state index >= 15 is 0 Å². The maximum absolute atomic E-state index is 13.3. The molecule has 1 spiro atoms. The zero-order valence-corrected chi connectivity index (χ0v) is 19.1. The van der Waals surface area contributed by atoms with Crippen molar-refractivity contribution in [3.63, 3.8) is 0 Å². The van der Waals surface area contributed by atoms with Crippen LogP contribution in [0.2, 0.25) is 0 Å². The van der Waals surface area contributed by atoms with Crippen LogP contribution in [0.25, 0.3) is 0 Å². The lowest BCUT2D eigenvalue weighted by Crippen LogP contribution is -2.57. The topological polar surface area (TPSA) is 43.4 Å². The molecule has 0 saturated heterocycles. The second-order valence-electron chi connectivity index (χ2n) is 12.3. The molecule has 6 aliphatic rings. The fourth-order valence-corrected chi connectivity index (χ4v) is 9.05. The summed E-state index contributed by atoms with van der Waals surface area (Å²) in [6.45, 7) is 13.5. The highest BCUT2D eigenvalue weighted by atomic mass is 16.6. The first kappa shape index (κ1) is 19.8. The van der Waals surface area contributed by atoms with Crippen LogP contribution in [0, 0.1) is 51.2 Å². The molecule has 3 nitrogen and oxygen atoms in total. The molecule has 4 bridgehead atoms. The maximum Gasteiger partial charge on any atom is 0.319 e. The van der Waals surface area contributed by atoms with Gasteiger partial charge >= 0.3 is 11.9 Å². The van der Waals surface area contributed by atoms with Gasteiger partial charge in [-0.05, 0) is 84.9 Å². The fraction of sp³-hybridized carbons (Fsp3) is 0.846. The molecular weight excluding hydrogens is 360 g/mol.